The lowest BCUT2D eigenvalue weighted by molar-refractivity contribution is 0.345. The van der Waals surface area contributed by atoms with Crippen LogP contribution in [-0.4, -0.2) is 37.8 Å². The third-order valence-corrected chi connectivity index (χ3v) is 4.32. The van der Waals surface area contributed by atoms with Crippen molar-refractivity contribution >= 4 is 11.8 Å². The Morgan fingerprint density at radius 3 is 2.74 bits per heavy atom. The van der Waals surface area contributed by atoms with Crippen molar-refractivity contribution in [3.63, 3.8) is 0 Å². The van der Waals surface area contributed by atoms with Gasteiger partial charge in [-0.05, 0) is 26.7 Å². The first-order chi connectivity index (χ1) is 10.9. The van der Waals surface area contributed by atoms with E-state index in [0.717, 1.165) is 30.2 Å². The van der Waals surface area contributed by atoms with Gasteiger partial charge in [0, 0.05) is 31.1 Å². The molecule has 0 spiro atoms. The molecule has 0 unspecified atom stereocenters. The number of hydrogen-bond donors (Lipinski definition) is 2. The van der Waals surface area contributed by atoms with Gasteiger partial charge in [-0.15, -0.1) is 10.2 Å². The second kappa shape index (κ2) is 6.11. The van der Waals surface area contributed by atoms with Crippen LogP contribution in [0.3, 0.4) is 0 Å². The Balaban J connectivity index is 1.79. The topological polar surface area (TPSA) is 112 Å². The average molecular weight is 316 g/mol. The minimum Gasteiger partial charge on any atom is -0.368 e. The third kappa shape index (κ3) is 3.26. The number of nitrogens with zero attached hydrogens (tertiary/aromatic N) is 6. The summed E-state index contributed by atoms with van der Waals surface area (Å²) < 4.78 is 2.05. The molecule has 8 nitrogen and oxygen atoms in total. The Morgan fingerprint density at radius 2 is 2.09 bits per heavy atom. The molecule has 1 saturated carbocycles. The van der Waals surface area contributed by atoms with Crippen LogP contribution >= 0.6 is 0 Å². The molecule has 2 heterocycles. The van der Waals surface area contributed by atoms with E-state index in [1.807, 2.05) is 22.6 Å². The summed E-state index contributed by atoms with van der Waals surface area (Å²) in [5, 5.41) is 8.20. The molecule has 2 aromatic heterocycles. The summed E-state index contributed by atoms with van der Waals surface area (Å²) in [4.78, 5) is 10.7. The molecule has 124 valence electrons. The first-order valence-corrected chi connectivity index (χ1v) is 7.93. The van der Waals surface area contributed by atoms with E-state index < -0.39 is 0 Å². The van der Waals surface area contributed by atoms with Crippen molar-refractivity contribution in [3.05, 3.63) is 23.9 Å². The number of aromatic nitrogens is 5. The first kappa shape index (κ1) is 15.7. The zero-order valence-corrected chi connectivity index (χ0v) is 13.8. The van der Waals surface area contributed by atoms with Crippen LogP contribution < -0.4 is 16.4 Å². The van der Waals surface area contributed by atoms with Gasteiger partial charge in [0.1, 0.15) is 12.1 Å². The Hall–Kier alpha value is -2.22. The van der Waals surface area contributed by atoms with E-state index in [4.69, 9.17) is 11.5 Å². The monoisotopic (exact) mass is 316 g/mol. The summed E-state index contributed by atoms with van der Waals surface area (Å²) in [5.74, 6) is 2.38. The van der Waals surface area contributed by atoms with E-state index in [0.29, 0.717) is 24.5 Å². The molecule has 4 N–H and O–H groups in total. The van der Waals surface area contributed by atoms with E-state index in [9.17, 15) is 0 Å². The quantitative estimate of drug-likeness (QED) is 0.848. The number of hydrogen-bond acceptors (Lipinski definition) is 7. The third-order valence-electron chi connectivity index (χ3n) is 4.32. The molecule has 0 aliphatic heterocycles. The fraction of sp³-hybridized carbons (Fsp3) is 0.600. The summed E-state index contributed by atoms with van der Waals surface area (Å²) in [7, 11) is 1.97. The standard InChI is InChI=1S/C15H24N8/c1-9(2)23-8-18-21-14(23)7-22(3)13-6-12(19-15(17)20-13)10-4-11(16)5-10/h6,8-11H,4-5,7,16H2,1-3H3,(H2,17,19,20). The molecule has 3 rings (SSSR count). The molecule has 0 saturated heterocycles. The highest BCUT2D eigenvalue weighted by molar-refractivity contribution is 5.44. The van der Waals surface area contributed by atoms with Gasteiger partial charge < -0.3 is 20.9 Å². The van der Waals surface area contributed by atoms with E-state index in [-0.39, 0.29) is 6.04 Å². The molecule has 1 aliphatic rings. The molecule has 0 aromatic carbocycles. The highest BCUT2D eigenvalue weighted by Gasteiger charge is 2.29. The Labute approximate surface area is 135 Å². The fourth-order valence-corrected chi connectivity index (χ4v) is 2.88. The minimum absolute atomic E-state index is 0.280. The summed E-state index contributed by atoms with van der Waals surface area (Å²) in [6.45, 7) is 4.82. The normalized spacial score (nSPS) is 20.6. The maximum Gasteiger partial charge on any atom is 0.222 e. The maximum absolute atomic E-state index is 5.89. The zero-order valence-electron chi connectivity index (χ0n) is 13.8. The largest absolute Gasteiger partial charge is 0.368 e. The van der Waals surface area contributed by atoms with Crippen molar-refractivity contribution in [1.29, 1.82) is 0 Å². The van der Waals surface area contributed by atoms with Gasteiger partial charge in [0.2, 0.25) is 5.95 Å². The molecule has 1 fully saturated rings. The van der Waals surface area contributed by atoms with Crippen molar-refractivity contribution in [2.24, 2.45) is 5.73 Å². The average Bonchev–Trinajstić information content (AvgIpc) is 2.91. The summed E-state index contributed by atoms with van der Waals surface area (Å²) >= 11 is 0. The van der Waals surface area contributed by atoms with E-state index >= 15 is 0 Å². The van der Waals surface area contributed by atoms with Crippen LogP contribution in [0.1, 0.15) is 50.2 Å². The Kier molecular flexibility index (Phi) is 4.16. The van der Waals surface area contributed by atoms with Crippen LogP contribution in [0.2, 0.25) is 0 Å². The van der Waals surface area contributed by atoms with Crippen molar-refractivity contribution in [1.82, 2.24) is 24.7 Å². The summed E-state index contributed by atoms with van der Waals surface area (Å²) in [5.41, 5.74) is 12.7. The molecule has 8 heteroatoms. The Bertz CT molecular complexity index is 674. The molecule has 0 amide bonds. The van der Waals surface area contributed by atoms with Crippen LogP contribution in [0.15, 0.2) is 12.4 Å². The molecule has 0 atom stereocenters. The molecule has 0 radical (unpaired) electrons. The van der Waals surface area contributed by atoms with Crippen molar-refractivity contribution in [2.75, 3.05) is 17.7 Å². The van der Waals surface area contributed by atoms with Crippen LogP contribution in [0, 0.1) is 0 Å². The summed E-state index contributed by atoms with van der Waals surface area (Å²) in [6.07, 6.45) is 3.67. The number of nitrogen functional groups attached to an aromatic ring is 1. The highest BCUT2D eigenvalue weighted by Crippen LogP contribution is 2.35. The van der Waals surface area contributed by atoms with Crippen LogP contribution in [0.25, 0.3) is 0 Å². The van der Waals surface area contributed by atoms with Crippen molar-refractivity contribution < 1.29 is 0 Å². The van der Waals surface area contributed by atoms with Gasteiger partial charge in [0.15, 0.2) is 5.82 Å². The van der Waals surface area contributed by atoms with E-state index in [1.54, 1.807) is 6.33 Å². The van der Waals surface area contributed by atoms with Gasteiger partial charge in [-0.3, -0.25) is 0 Å². The molecule has 2 aromatic rings. The first-order valence-electron chi connectivity index (χ1n) is 7.93. The van der Waals surface area contributed by atoms with Gasteiger partial charge in [-0.2, -0.15) is 4.98 Å². The maximum atomic E-state index is 5.89. The molecular formula is C15H24N8. The van der Waals surface area contributed by atoms with Gasteiger partial charge in [-0.25, -0.2) is 4.98 Å². The lowest BCUT2D eigenvalue weighted by Crippen LogP contribution is -2.35. The number of nitrogens with two attached hydrogens (primary N) is 2. The highest BCUT2D eigenvalue weighted by atomic mass is 15.3. The Morgan fingerprint density at radius 1 is 1.35 bits per heavy atom. The van der Waals surface area contributed by atoms with Crippen LogP contribution in [0.5, 0.6) is 0 Å². The zero-order chi connectivity index (χ0) is 16.6. The molecule has 1 aliphatic carbocycles. The van der Waals surface area contributed by atoms with Gasteiger partial charge in [0.25, 0.3) is 0 Å². The SMILES string of the molecule is CC(C)n1cnnc1CN(C)c1cc(C2CC(N)C2)nc(N)n1. The molecule has 0 bridgehead atoms. The van der Waals surface area contributed by atoms with E-state index in [1.165, 1.54) is 0 Å². The van der Waals surface area contributed by atoms with Crippen molar-refractivity contribution in [3.8, 4) is 0 Å². The second-order valence-electron chi connectivity index (χ2n) is 6.54. The van der Waals surface area contributed by atoms with Gasteiger partial charge in [-0.1, -0.05) is 0 Å². The van der Waals surface area contributed by atoms with Gasteiger partial charge >= 0.3 is 0 Å². The van der Waals surface area contributed by atoms with E-state index in [2.05, 4.69) is 34.0 Å². The number of rotatable bonds is 5. The van der Waals surface area contributed by atoms with Crippen molar-refractivity contribution in [2.45, 2.75) is 51.2 Å². The molecular weight excluding hydrogens is 292 g/mol. The fourth-order valence-electron chi connectivity index (χ4n) is 2.88. The van der Waals surface area contributed by atoms with Crippen LogP contribution in [0.4, 0.5) is 11.8 Å². The predicted molar refractivity (Wildman–Crippen MR) is 88.9 cm³/mol. The predicted octanol–water partition coefficient (Wildman–Crippen LogP) is 1.07. The smallest absolute Gasteiger partial charge is 0.222 e. The molecule has 23 heavy (non-hydrogen) atoms. The number of anilines is 2. The summed E-state index contributed by atoms with van der Waals surface area (Å²) in [6, 6.07) is 2.60. The van der Waals surface area contributed by atoms with Crippen LogP contribution in [-0.2, 0) is 6.54 Å². The lowest BCUT2D eigenvalue weighted by atomic mass is 9.78. The van der Waals surface area contributed by atoms with Gasteiger partial charge in [0.05, 0.1) is 12.2 Å². The lowest BCUT2D eigenvalue weighted by Gasteiger charge is -2.32. The minimum atomic E-state index is 0.280. The second-order valence-corrected chi connectivity index (χ2v) is 6.54.